The zero-order valence-electron chi connectivity index (χ0n) is 16.6. The maximum absolute atomic E-state index is 12.4. The lowest BCUT2D eigenvalue weighted by Gasteiger charge is -2.17. The van der Waals surface area contributed by atoms with E-state index in [4.69, 9.17) is 9.47 Å². The summed E-state index contributed by atoms with van der Waals surface area (Å²) in [6.45, 7) is 1.76. The molecule has 0 aliphatic heterocycles. The Morgan fingerprint density at radius 3 is 2.60 bits per heavy atom. The molecule has 0 bridgehead atoms. The predicted octanol–water partition coefficient (Wildman–Crippen LogP) is 3.72. The molecule has 0 amide bonds. The van der Waals surface area contributed by atoms with Crippen molar-refractivity contribution < 1.29 is 24.2 Å². The highest BCUT2D eigenvalue weighted by atomic mass is 16.5. The van der Waals surface area contributed by atoms with Crippen LogP contribution in [-0.2, 0) is 14.3 Å². The van der Waals surface area contributed by atoms with Crippen molar-refractivity contribution in [2.45, 2.75) is 19.3 Å². The summed E-state index contributed by atoms with van der Waals surface area (Å²) in [5.41, 5.74) is 1.91. The number of esters is 1. The van der Waals surface area contributed by atoms with Crippen LogP contribution >= 0.6 is 0 Å². The van der Waals surface area contributed by atoms with Crippen LogP contribution < -0.4 is 4.74 Å². The van der Waals surface area contributed by atoms with Crippen LogP contribution in [0.3, 0.4) is 0 Å². The highest BCUT2D eigenvalue weighted by Gasteiger charge is 2.29. The first kappa shape index (κ1) is 20.8. The van der Waals surface area contributed by atoms with Crippen molar-refractivity contribution in [3.05, 3.63) is 53.7 Å². The maximum Gasteiger partial charge on any atom is 0.315 e. The quantitative estimate of drug-likeness (QED) is 0.472. The largest absolute Gasteiger partial charge is 0.505 e. The zero-order valence-corrected chi connectivity index (χ0v) is 16.6. The molecule has 7 nitrogen and oxygen atoms in total. The van der Waals surface area contributed by atoms with E-state index in [-0.39, 0.29) is 24.3 Å². The number of para-hydroxylation sites is 1. The summed E-state index contributed by atoms with van der Waals surface area (Å²) in [6.07, 6.45) is 0.342. The fourth-order valence-corrected chi connectivity index (χ4v) is 3.31. The zero-order chi connectivity index (χ0) is 21.7. The number of pyridine rings is 1. The molecule has 0 aliphatic carbocycles. The highest BCUT2D eigenvalue weighted by Crippen LogP contribution is 2.38. The van der Waals surface area contributed by atoms with E-state index in [2.05, 4.69) is 4.98 Å². The molecular weight excluding hydrogens is 384 g/mol. The van der Waals surface area contributed by atoms with Gasteiger partial charge in [-0.1, -0.05) is 30.3 Å². The first-order valence-electron chi connectivity index (χ1n) is 9.36. The molecule has 7 heteroatoms. The van der Waals surface area contributed by atoms with Crippen molar-refractivity contribution in [3.8, 4) is 28.7 Å². The Bertz CT molecular complexity index is 1130. The molecule has 0 spiro atoms. The molecular formula is C23H20N2O5. The maximum atomic E-state index is 12.4. The lowest BCUT2D eigenvalue weighted by atomic mass is 9.94. The van der Waals surface area contributed by atoms with Gasteiger partial charge in [-0.3, -0.25) is 4.79 Å². The Kier molecular flexibility index (Phi) is 6.28. The number of ether oxygens (including phenoxy) is 2. The van der Waals surface area contributed by atoms with Gasteiger partial charge in [-0.2, -0.15) is 5.26 Å². The fourth-order valence-electron chi connectivity index (χ4n) is 3.31. The number of hydrogen-bond donors (Lipinski definition) is 1. The molecule has 1 heterocycles. The van der Waals surface area contributed by atoms with Crippen molar-refractivity contribution in [1.29, 1.82) is 5.26 Å². The number of rotatable bonds is 7. The number of aromatic nitrogens is 1. The van der Waals surface area contributed by atoms with E-state index in [0.717, 1.165) is 5.56 Å². The Morgan fingerprint density at radius 1 is 1.27 bits per heavy atom. The summed E-state index contributed by atoms with van der Waals surface area (Å²) in [7, 11) is 1.57. The lowest BCUT2D eigenvalue weighted by molar-refractivity contribution is -0.145. The van der Waals surface area contributed by atoms with E-state index in [0.29, 0.717) is 28.5 Å². The summed E-state index contributed by atoms with van der Waals surface area (Å²) < 4.78 is 10.2. The minimum atomic E-state index is -1.11. The summed E-state index contributed by atoms with van der Waals surface area (Å²) in [6, 6.07) is 14.6. The number of aromatic hydroxyl groups is 1. The highest BCUT2D eigenvalue weighted by molar-refractivity contribution is 5.99. The molecule has 152 valence electrons. The van der Waals surface area contributed by atoms with Crippen molar-refractivity contribution in [3.63, 3.8) is 0 Å². The monoisotopic (exact) mass is 404 g/mol. The van der Waals surface area contributed by atoms with Crippen LogP contribution in [0.1, 0.15) is 30.5 Å². The molecule has 30 heavy (non-hydrogen) atoms. The van der Waals surface area contributed by atoms with Crippen LogP contribution in [0.5, 0.6) is 11.5 Å². The summed E-state index contributed by atoms with van der Waals surface area (Å²) in [4.78, 5) is 28.1. The number of nitrogens with zero attached hydrogens (tertiary/aromatic N) is 2. The Labute approximate surface area is 173 Å². The topological polar surface area (TPSA) is 110 Å². The van der Waals surface area contributed by atoms with Gasteiger partial charge in [-0.05, 0) is 24.6 Å². The van der Waals surface area contributed by atoms with Gasteiger partial charge in [0.05, 0.1) is 24.9 Å². The molecule has 0 fully saturated rings. The Hall–Kier alpha value is -3.92. The number of methoxy groups -OCH3 is 1. The predicted molar refractivity (Wildman–Crippen MR) is 110 cm³/mol. The second-order valence-corrected chi connectivity index (χ2v) is 6.47. The molecule has 1 unspecified atom stereocenters. The van der Waals surface area contributed by atoms with Gasteiger partial charge in [0.1, 0.15) is 29.6 Å². The summed E-state index contributed by atoms with van der Waals surface area (Å²) >= 11 is 0. The Balaban J connectivity index is 2.29. The summed E-state index contributed by atoms with van der Waals surface area (Å²) in [5.74, 6) is -1.52. The molecule has 3 aromatic rings. The van der Waals surface area contributed by atoms with Gasteiger partial charge in [0.25, 0.3) is 0 Å². The van der Waals surface area contributed by atoms with E-state index in [1.165, 1.54) is 0 Å². The van der Waals surface area contributed by atoms with Crippen LogP contribution in [0.15, 0.2) is 42.5 Å². The Morgan fingerprint density at radius 2 is 2.00 bits per heavy atom. The number of carbonyl (C=O) groups is 2. The van der Waals surface area contributed by atoms with Gasteiger partial charge in [-0.25, -0.2) is 4.98 Å². The van der Waals surface area contributed by atoms with Gasteiger partial charge in [0.15, 0.2) is 5.75 Å². The van der Waals surface area contributed by atoms with Crippen molar-refractivity contribution in [1.82, 2.24) is 4.98 Å². The van der Waals surface area contributed by atoms with Crippen molar-refractivity contribution in [2.75, 3.05) is 13.7 Å². The SMILES string of the molecule is CCOC(=O)C(CC=O)c1nc2c(-c3ccc(OC)cc3)cccc2c(C#N)c1O. The van der Waals surface area contributed by atoms with Crippen LogP contribution in [0, 0.1) is 11.3 Å². The van der Waals surface area contributed by atoms with E-state index >= 15 is 0 Å². The van der Waals surface area contributed by atoms with Crippen LogP contribution in [0.4, 0.5) is 0 Å². The molecule has 0 saturated heterocycles. The third-order valence-electron chi connectivity index (χ3n) is 4.76. The van der Waals surface area contributed by atoms with Crippen molar-refractivity contribution >= 4 is 23.2 Å². The smallest absolute Gasteiger partial charge is 0.315 e. The minimum absolute atomic E-state index is 0.00874. The van der Waals surface area contributed by atoms with Gasteiger partial charge in [0, 0.05) is 17.4 Å². The molecule has 1 N–H and O–H groups in total. The fraction of sp³-hybridized carbons (Fsp3) is 0.217. The molecule has 1 atom stereocenters. The van der Waals surface area contributed by atoms with E-state index < -0.39 is 17.6 Å². The molecule has 1 aromatic heterocycles. The average Bonchev–Trinajstić information content (AvgIpc) is 2.77. The van der Waals surface area contributed by atoms with Crippen LogP contribution in [0.25, 0.3) is 22.0 Å². The second-order valence-electron chi connectivity index (χ2n) is 6.47. The second kappa shape index (κ2) is 9.05. The lowest BCUT2D eigenvalue weighted by Crippen LogP contribution is -2.18. The molecule has 2 aromatic carbocycles. The van der Waals surface area contributed by atoms with Gasteiger partial charge in [0.2, 0.25) is 0 Å². The minimum Gasteiger partial charge on any atom is -0.505 e. The number of hydrogen-bond acceptors (Lipinski definition) is 7. The van der Waals surface area contributed by atoms with Crippen LogP contribution in [0.2, 0.25) is 0 Å². The number of benzene rings is 2. The summed E-state index contributed by atoms with van der Waals surface area (Å²) in [5, 5.41) is 20.8. The standard InChI is InChI=1S/C23H20N2O5/c1-3-30-23(28)18(11-12-26)21-22(27)19(13-24)17-6-4-5-16(20(17)25-21)14-7-9-15(29-2)10-8-14/h4-10,12,18,27H,3,11H2,1-2H3. The number of nitriles is 1. The number of fused-ring (bicyclic) bond motifs is 1. The van der Waals surface area contributed by atoms with Gasteiger partial charge >= 0.3 is 5.97 Å². The first-order chi connectivity index (χ1) is 14.5. The molecule has 3 rings (SSSR count). The van der Waals surface area contributed by atoms with E-state index in [1.807, 2.05) is 24.3 Å². The molecule has 0 radical (unpaired) electrons. The van der Waals surface area contributed by atoms with Crippen molar-refractivity contribution in [2.24, 2.45) is 0 Å². The van der Waals surface area contributed by atoms with Gasteiger partial charge < -0.3 is 19.4 Å². The van der Waals surface area contributed by atoms with Crippen LogP contribution in [-0.4, -0.2) is 36.1 Å². The third kappa shape index (κ3) is 3.80. The van der Waals surface area contributed by atoms with Gasteiger partial charge in [-0.15, -0.1) is 0 Å². The molecule has 0 aliphatic rings. The number of carbonyl (C=O) groups excluding carboxylic acids is 2. The first-order valence-corrected chi connectivity index (χ1v) is 9.36. The van der Waals surface area contributed by atoms with E-state index in [9.17, 15) is 20.0 Å². The average molecular weight is 404 g/mol. The normalized spacial score (nSPS) is 11.5. The number of aldehydes is 1. The molecule has 0 saturated carbocycles. The third-order valence-corrected chi connectivity index (χ3v) is 4.76. The van der Waals surface area contributed by atoms with E-state index in [1.54, 1.807) is 38.3 Å².